The van der Waals surface area contributed by atoms with Crippen molar-refractivity contribution in [3.05, 3.63) is 0 Å². The summed E-state index contributed by atoms with van der Waals surface area (Å²) < 4.78 is 110. The Hall–Kier alpha value is -0.740. The average molecular weight is 456 g/mol. The van der Waals surface area contributed by atoms with Gasteiger partial charge >= 0.3 is 36.2 Å². The van der Waals surface area contributed by atoms with Gasteiger partial charge in [-0.25, -0.2) is 16.8 Å². The summed E-state index contributed by atoms with van der Waals surface area (Å²) in [6.07, 6.45) is 1.23. The van der Waals surface area contributed by atoms with Crippen LogP contribution in [0.25, 0.3) is 0 Å². The Morgan fingerprint density at radius 3 is 1.50 bits per heavy atom. The first-order chi connectivity index (χ1) is 11.3. The minimum Gasteiger partial charge on any atom is -0.262 e. The van der Waals surface area contributed by atoms with Gasteiger partial charge in [-0.2, -0.15) is 26.3 Å². The van der Waals surface area contributed by atoms with Gasteiger partial charge in [0.2, 0.25) is 0 Å². The molecule has 16 heteroatoms. The highest BCUT2D eigenvalue weighted by molar-refractivity contribution is 8.13. The first kappa shape index (κ1) is 27.5. The third-order valence-electron chi connectivity index (χ3n) is 2.03. The maximum absolute atomic E-state index is 11.5. The predicted octanol–water partition coefficient (Wildman–Crippen LogP) is 1.59. The molecular weight excluding hydrogens is 436 g/mol. The Morgan fingerprint density at radius 2 is 1.31 bits per heavy atom. The van der Waals surface area contributed by atoms with E-state index in [1.54, 1.807) is 0 Å². The van der Waals surface area contributed by atoms with Gasteiger partial charge in [0.15, 0.2) is 0 Å². The second kappa shape index (κ2) is 9.98. The minimum atomic E-state index is -6.60. The fourth-order valence-electron chi connectivity index (χ4n) is 1.09. The van der Waals surface area contributed by atoms with Crippen molar-refractivity contribution in [2.45, 2.75) is 24.4 Å². The van der Waals surface area contributed by atoms with Gasteiger partial charge in [-0.3, -0.25) is 9.48 Å². The van der Waals surface area contributed by atoms with Gasteiger partial charge in [0.1, 0.15) is 0 Å². The van der Waals surface area contributed by atoms with Gasteiger partial charge in [-0.05, 0) is 18.2 Å². The molecule has 0 amide bonds. The number of sulfonamides is 2. The zero-order valence-corrected chi connectivity index (χ0v) is 16.9. The van der Waals surface area contributed by atoms with Gasteiger partial charge in [0, 0.05) is 5.75 Å². The van der Waals surface area contributed by atoms with Crippen molar-refractivity contribution in [3.63, 3.8) is 0 Å². The maximum Gasteiger partial charge on any atom is 0.512 e. The Labute approximate surface area is 152 Å². The summed E-state index contributed by atoms with van der Waals surface area (Å²) in [7, 11) is -4.87. The molecule has 0 aliphatic rings. The van der Waals surface area contributed by atoms with E-state index in [4.69, 9.17) is 0 Å². The summed E-state index contributed by atoms with van der Waals surface area (Å²) in [5.74, 6) is 1.20. The molecule has 1 N–H and O–H groups in total. The van der Waals surface area contributed by atoms with Crippen LogP contribution in [0.4, 0.5) is 26.3 Å². The molecule has 0 spiro atoms. The number of nitrogens with one attached hydrogen (secondary N) is 1. The molecule has 0 atom stereocenters. The van der Waals surface area contributed by atoms with E-state index in [2.05, 4.69) is 44.6 Å². The Morgan fingerprint density at radius 1 is 0.962 bits per heavy atom. The quantitative estimate of drug-likeness (QED) is 0.299. The second-order valence-electron chi connectivity index (χ2n) is 4.90. The number of rotatable bonds is 4. The molecule has 26 heavy (non-hydrogen) atoms. The largest absolute Gasteiger partial charge is 0.512 e. The van der Waals surface area contributed by atoms with Crippen LogP contribution in [-0.2, 0) is 20.0 Å². The van der Waals surface area contributed by atoms with Gasteiger partial charge in [0.25, 0.3) is 0 Å². The Balaban J connectivity index is 0. The van der Waals surface area contributed by atoms with E-state index in [-0.39, 0.29) is 0 Å². The van der Waals surface area contributed by atoms with Gasteiger partial charge in [-0.15, -0.1) is 0 Å². The molecule has 0 heterocycles. The smallest absolute Gasteiger partial charge is 0.262 e. The lowest BCUT2D eigenvalue weighted by Gasteiger charge is -2.11. The summed E-state index contributed by atoms with van der Waals surface area (Å²) in [6, 6.07) is 0. The monoisotopic (exact) mass is 456 g/mol. The van der Waals surface area contributed by atoms with Crippen molar-refractivity contribution in [3.8, 4) is 0 Å². The summed E-state index contributed by atoms with van der Waals surface area (Å²) in [4.78, 5) is 2.15. The first-order valence-electron chi connectivity index (χ1n) is 6.55. The van der Waals surface area contributed by atoms with Crippen molar-refractivity contribution in [2.75, 3.05) is 33.9 Å². The molecule has 0 bridgehead atoms. The number of halogens is 6. The topological polar surface area (TPSA) is 86.6 Å². The van der Waals surface area contributed by atoms with Crippen molar-refractivity contribution in [1.82, 2.24) is 9.03 Å². The van der Waals surface area contributed by atoms with Crippen LogP contribution in [0.3, 0.4) is 0 Å². The normalized spacial score (nSPS) is 12.9. The molecular formula is C10H20F6N3O4S3+. The molecule has 0 aromatic rings. The van der Waals surface area contributed by atoms with E-state index < -0.39 is 35.2 Å². The van der Waals surface area contributed by atoms with E-state index in [0.717, 1.165) is 0 Å². The lowest BCUT2D eigenvalue weighted by Crippen LogP contribution is -2.45. The molecule has 0 rings (SSSR count). The summed E-state index contributed by atoms with van der Waals surface area (Å²) >= 11 is 1.91. The van der Waals surface area contributed by atoms with Crippen LogP contribution in [0.15, 0.2) is 0 Å². The first-order valence-corrected chi connectivity index (χ1v) is 10.5. The number of thioether (sulfide) groups is 1. The third-order valence-corrected chi connectivity index (χ3v) is 6.60. The van der Waals surface area contributed by atoms with Crippen LogP contribution in [0.2, 0.25) is 0 Å². The van der Waals surface area contributed by atoms with E-state index in [9.17, 15) is 43.2 Å². The molecule has 0 aromatic heterocycles. The Kier molecular flexibility index (Phi) is 10.6. The fourth-order valence-corrected chi connectivity index (χ4v) is 3.90. The second-order valence-corrected chi connectivity index (χ2v) is 9.57. The minimum absolute atomic E-state index is 0.493. The maximum atomic E-state index is 11.5. The molecule has 0 aliphatic heterocycles. The van der Waals surface area contributed by atoms with Crippen LogP contribution >= 0.6 is 11.8 Å². The van der Waals surface area contributed by atoms with E-state index in [0.29, 0.717) is 0 Å². The molecule has 0 radical (unpaired) electrons. The number of alkyl halides is 6. The molecule has 158 valence electrons. The van der Waals surface area contributed by atoms with Crippen molar-refractivity contribution >= 4 is 37.0 Å². The highest BCUT2D eigenvalue weighted by Gasteiger charge is 2.55. The molecule has 0 aliphatic carbocycles. The summed E-state index contributed by atoms with van der Waals surface area (Å²) in [5, 5.41) is 1.33. The SMILES string of the molecule is CCCSC(N(C)C)=[N+](C)C.O=S(=O)(NS(=O)(=O)C(F)(F)F)C(F)(F)F. The number of nitrogens with zero attached hydrogens (tertiary/aromatic N) is 2. The van der Waals surface area contributed by atoms with E-state index in [1.165, 1.54) is 17.3 Å². The molecule has 0 aromatic carbocycles. The predicted molar refractivity (Wildman–Crippen MR) is 86.6 cm³/mol. The third kappa shape index (κ3) is 9.27. The summed E-state index contributed by atoms with van der Waals surface area (Å²) in [6.45, 7) is 2.20. The van der Waals surface area contributed by atoms with Crippen LogP contribution in [0.1, 0.15) is 13.3 Å². The zero-order chi connectivity index (χ0) is 21.6. The Bertz CT molecular complexity index is 638. The molecule has 0 unspecified atom stereocenters. The van der Waals surface area contributed by atoms with Gasteiger partial charge in [-0.1, -0.05) is 11.1 Å². The number of amidine groups is 1. The molecule has 7 nitrogen and oxygen atoms in total. The van der Waals surface area contributed by atoms with Crippen LogP contribution in [-0.4, -0.2) is 76.4 Å². The standard InChI is InChI=1S/C8H19N2S.C2HF6NO4S2/c1-6-7-11-8(9(2)3)10(4)5;3-1(4,5)14(10,11)9-15(12,13)2(6,7)8/h6-7H2,1-5H3;9H/q+1;. The fraction of sp³-hybridized carbons (Fsp3) is 0.900. The van der Waals surface area contributed by atoms with Crippen molar-refractivity contribution < 1.29 is 47.8 Å². The van der Waals surface area contributed by atoms with Gasteiger partial charge < -0.3 is 0 Å². The molecule has 0 saturated carbocycles. The summed E-state index contributed by atoms with van der Waals surface area (Å²) in [5.41, 5.74) is -12.3. The van der Waals surface area contributed by atoms with Crippen molar-refractivity contribution in [2.24, 2.45) is 0 Å². The van der Waals surface area contributed by atoms with Crippen LogP contribution < -0.4 is 4.13 Å². The highest BCUT2D eigenvalue weighted by Crippen LogP contribution is 2.27. The van der Waals surface area contributed by atoms with Crippen LogP contribution in [0.5, 0.6) is 0 Å². The van der Waals surface area contributed by atoms with Gasteiger partial charge in [0.05, 0.1) is 28.2 Å². The van der Waals surface area contributed by atoms with Crippen molar-refractivity contribution in [1.29, 1.82) is 0 Å². The van der Waals surface area contributed by atoms with E-state index >= 15 is 0 Å². The van der Waals surface area contributed by atoms with E-state index in [1.807, 2.05) is 11.8 Å². The highest BCUT2D eigenvalue weighted by atomic mass is 32.3. The molecule has 0 saturated heterocycles. The number of hydrogen-bond donors (Lipinski definition) is 1. The lowest BCUT2D eigenvalue weighted by molar-refractivity contribution is -0.466. The molecule has 0 fully saturated rings. The zero-order valence-electron chi connectivity index (χ0n) is 14.4. The lowest BCUT2D eigenvalue weighted by atomic mass is 10.6. The van der Waals surface area contributed by atoms with Crippen LogP contribution in [0, 0.1) is 0 Å². The average Bonchev–Trinajstić information content (AvgIpc) is 2.35. The number of hydrogen-bond acceptors (Lipinski definition) is 5.